The van der Waals surface area contributed by atoms with Crippen molar-refractivity contribution < 1.29 is 24.2 Å². The molecular formula is C12H12NO5-. The minimum atomic E-state index is -1.32. The fourth-order valence-electron chi connectivity index (χ4n) is 1.74. The topological polar surface area (TPSA) is 87.7 Å². The van der Waals surface area contributed by atoms with Crippen LogP contribution in [0.25, 0.3) is 0 Å². The molecule has 1 aromatic carbocycles. The predicted molar refractivity (Wildman–Crippen MR) is 58.9 cm³/mol. The number of aliphatic carboxylic acids is 1. The summed E-state index contributed by atoms with van der Waals surface area (Å²) in [4.78, 5) is 21.8. The molecule has 1 aliphatic rings. The minimum absolute atomic E-state index is 0.137. The third-order valence-corrected chi connectivity index (χ3v) is 2.54. The van der Waals surface area contributed by atoms with Gasteiger partial charge in [-0.3, -0.25) is 4.79 Å². The first-order chi connectivity index (χ1) is 8.56. The minimum Gasteiger partial charge on any atom is -0.548 e. The van der Waals surface area contributed by atoms with E-state index in [1.165, 1.54) is 6.92 Å². The zero-order chi connectivity index (χ0) is 13.1. The Kier molecular flexibility index (Phi) is 3.36. The molecule has 0 aromatic heterocycles. The van der Waals surface area contributed by atoms with E-state index < -0.39 is 17.9 Å². The van der Waals surface area contributed by atoms with Crippen LogP contribution in [0.15, 0.2) is 18.2 Å². The number of carbonyl (C=O) groups is 2. The van der Waals surface area contributed by atoms with Gasteiger partial charge in [-0.05, 0) is 24.1 Å². The van der Waals surface area contributed by atoms with Crippen molar-refractivity contribution in [2.75, 3.05) is 6.79 Å². The number of amides is 1. The number of carboxylic acid groups (broad SMARTS) is 1. The predicted octanol–water partition coefficient (Wildman–Crippen LogP) is -0.788. The van der Waals surface area contributed by atoms with E-state index in [0.29, 0.717) is 11.5 Å². The van der Waals surface area contributed by atoms with Gasteiger partial charge in [0.2, 0.25) is 12.7 Å². The normalized spacial score (nSPS) is 14.1. The molecule has 1 heterocycles. The highest BCUT2D eigenvalue weighted by atomic mass is 16.7. The maximum atomic E-state index is 10.9. The first-order valence-corrected chi connectivity index (χ1v) is 5.43. The van der Waals surface area contributed by atoms with Gasteiger partial charge in [-0.25, -0.2) is 0 Å². The van der Waals surface area contributed by atoms with Crippen molar-refractivity contribution in [2.24, 2.45) is 0 Å². The van der Waals surface area contributed by atoms with Gasteiger partial charge in [0.15, 0.2) is 11.5 Å². The standard InChI is InChI=1S/C12H13NO5/c1-7(14)13-9(12(15)16)4-8-2-3-10-11(5-8)18-6-17-10/h2-3,5,9H,4,6H2,1H3,(H,13,14)(H,15,16)/p-1/t9-/m0/s1. The number of ether oxygens (including phenoxy) is 2. The highest BCUT2D eigenvalue weighted by Crippen LogP contribution is 2.32. The van der Waals surface area contributed by atoms with Crippen LogP contribution in [-0.2, 0) is 16.0 Å². The quantitative estimate of drug-likeness (QED) is 0.756. The van der Waals surface area contributed by atoms with Crippen molar-refractivity contribution in [2.45, 2.75) is 19.4 Å². The molecule has 0 saturated heterocycles. The van der Waals surface area contributed by atoms with Gasteiger partial charge in [-0.15, -0.1) is 0 Å². The largest absolute Gasteiger partial charge is 0.548 e. The Bertz CT molecular complexity index is 485. The SMILES string of the molecule is CC(=O)N[C@@H](Cc1ccc2c(c1)OCO2)C(=O)[O-]. The molecule has 96 valence electrons. The van der Waals surface area contributed by atoms with Gasteiger partial charge < -0.3 is 24.7 Å². The maximum Gasteiger partial charge on any atom is 0.231 e. The average Bonchev–Trinajstić information content (AvgIpc) is 2.74. The van der Waals surface area contributed by atoms with Gasteiger partial charge >= 0.3 is 0 Å². The third kappa shape index (κ3) is 2.71. The zero-order valence-corrected chi connectivity index (χ0v) is 9.76. The van der Waals surface area contributed by atoms with E-state index in [1.54, 1.807) is 18.2 Å². The van der Waals surface area contributed by atoms with Crippen LogP contribution in [0.3, 0.4) is 0 Å². The van der Waals surface area contributed by atoms with Gasteiger partial charge in [0.25, 0.3) is 0 Å². The first-order valence-electron chi connectivity index (χ1n) is 5.43. The Labute approximate surface area is 104 Å². The number of carbonyl (C=O) groups excluding carboxylic acids is 2. The molecular weight excluding hydrogens is 238 g/mol. The van der Waals surface area contributed by atoms with Crippen molar-refractivity contribution in [1.82, 2.24) is 5.32 Å². The van der Waals surface area contributed by atoms with E-state index in [1.807, 2.05) is 0 Å². The van der Waals surface area contributed by atoms with Crippen LogP contribution in [-0.4, -0.2) is 24.7 Å². The molecule has 6 nitrogen and oxygen atoms in total. The number of rotatable bonds is 4. The molecule has 0 bridgehead atoms. The lowest BCUT2D eigenvalue weighted by molar-refractivity contribution is -0.308. The van der Waals surface area contributed by atoms with Crippen LogP contribution >= 0.6 is 0 Å². The van der Waals surface area contributed by atoms with Crippen molar-refractivity contribution in [1.29, 1.82) is 0 Å². The van der Waals surface area contributed by atoms with E-state index in [4.69, 9.17) is 9.47 Å². The van der Waals surface area contributed by atoms with Crippen molar-refractivity contribution in [3.8, 4) is 11.5 Å². The maximum absolute atomic E-state index is 10.9. The third-order valence-electron chi connectivity index (χ3n) is 2.54. The highest BCUT2D eigenvalue weighted by Gasteiger charge is 2.16. The molecule has 0 saturated carbocycles. The molecule has 0 unspecified atom stereocenters. The molecule has 0 aliphatic carbocycles. The number of nitrogens with one attached hydrogen (secondary N) is 1. The van der Waals surface area contributed by atoms with E-state index in [9.17, 15) is 14.7 Å². The number of fused-ring (bicyclic) bond motifs is 1. The molecule has 1 N–H and O–H groups in total. The fraction of sp³-hybridized carbons (Fsp3) is 0.333. The lowest BCUT2D eigenvalue weighted by Crippen LogP contribution is -2.48. The molecule has 1 aliphatic heterocycles. The zero-order valence-electron chi connectivity index (χ0n) is 9.76. The van der Waals surface area contributed by atoms with Crippen molar-refractivity contribution in [3.63, 3.8) is 0 Å². The van der Waals surface area contributed by atoms with E-state index >= 15 is 0 Å². The number of hydrogen-bond donors (Lipinski definition) is 1. The van der Waals surface area contributed by atoms with E-state index in [2.05, 4.69) is 5.32 Å². The van der Waals surface area contributed by atoms with Crippen LogP contribution in [0.4, 0.5) is 0 Å². The Morgan fingerprint density at radius 1 is 1.39 bits per heavy atom. The Morgan fingerprint density at radius 2 is 2.11 bits per heavy atom. The lowest BCUT2D eigenvalue weighted by atomic mass is 10.1. The molecule has 18 heavy (non-hydrogen) atoms. The summed E-state index contributed by atoms with van der Waals surface area (Å²) in [6.45, 7) is 1.42. The smallest absolute Gasteiger partial charge is 0.231 e. The van der Waals surface area contributed by atoms with Crippen LogP contribution in [0.2, 0.25) is 0 Å². The van der Waals surface area contributed by atoms with E-state index in [-0.39, 0.29) is 13.2 Å². The molecule has 1 amide bonds. The number of hydrogen-bond acceptors (Lipinski definition) is 5. The van der Waals surface area contributed by atoms with Crippen LogP contribution in [0.5, 0.6) is 11.5 Å². The monoisotopic (exact) mass is 250 g/mol. The second kappa shape index (κ2) is 4.95. The molecule has 0 fully saturated rings. The second-order valence-corrected chi connectivity index (χ2v) is 3.96. The number of benzene rings is 1. The van der Waals surface area contributed by atoms with Crippen LogP contribution in [0.1, 0.15) is 12.5 Å². The molecule has 0 spiro atoms. The lowest BCUT2D eigenvalue weighted by Gasteiger charge is -2.18. The Balaban J connectivity index is 2.11. The summed E-state index contributed by atoms with van der Waals surface area (Å²) >= 11 is 0. The highest BCUT2D eigenvalue weighted by molar-refractivity contribution is 5.81. The molecule has 1 atom stereocenters. The van der Waals surface area contributed by atoms with Crippen LogP contribution in [0, 0.1) is 0 Å². The fourth-order valence-corrected chi connectivity index (χ4v) is 1.74. The van der Waals surface area contributed by atoms with Crippen molar-refractivity contribution in [3.05, 3.63) is 23.8 Å². The molecule has 6 heteroatoms. The summed E-state index contributed by atoms with van der Waals surface area (Å²) in [6.07, 6.45) is 0.137. The average molecular weight is 250 g/mol. The van der Waals surface area contributed by atoms with Gasteiger partial charge in [0.1, 0.15) is 0 Å². The van der Waals surface area contributed by atoms with E-state index in [0.717, 1.165) is 5.56 Å². The van der Waals surface area contributed by atoms with Crippen molar-refractivity contribution >= 4 is 11.9 Å². The summed E-state index contributed by atoms with van der Waals surface area (Å²) in [5, 5.41) is 13.2. The summed E-state index contributed by atoms with van der Waals surface area (Å²) < 4.78 is 10.3. The van der Waals surface area contributed by atoms with Gasteiger partial charge in [0, 0.05) is 6.92 Å². The summed E-state index contributed by atoms with van der Waals surface area (Å²) in [7, 11) is 0. The number of carboxylic acids is 1. The first kappa shape index (κ1) is 12.2. The van der Waals surface area contributed by atoms with Gasteiger partial charge in [-0.2, -0.15) is 0 Å². The van der Waals surface area contributed by atoms with Gasteiger partial charge in [0.05, 0.1) is 12.0 Å². The van der Waals surface area contributed by atoms with Gasteiger partial charge in [-0.1, -0.05) is 6.07 Å². The molecule has 1 aromatic rings. The second-order valence-electron chi connectivity index (χ2n) is 3.96. The summed E-state index contributed by atoms with van der Waals surface area (Å²) in [5.41, 5.74) is 0.724. The Hall–Kier alpha value is -2.24. The summed E-state index contributed by atoms with van der Waals surface area (Å²) in [6, 6.07) is 4.08. The van der Waals surface area contributed by atoms with Crippen LogP contribution < -0.4 is 19.9 Å². The molecule has 2 rings (SSSR count). The Morgan fingerprint density at radius 3 is 2.78 bits per heavy atom. The molecule has 0 radical (unpaired) electrons. The summed E-state index contributed by atoms with van der Waals surface area (Å²) in [5.74, 6) is -0.525.